The summed E-state index contributed by atoms with van der Waals surface area (Å²) in [5.74, 6) is 0.316. The van der Waals surface area contributed by atoms with Gasteiger partial charge in [-0.2, -0.15) is 0 Å². The first-order valence-electron chi connectivity index (χ1n) is 7.76. The summed E-state index contributed by atoms with van der Waals surface area (Å²) in [6.45, 7) is 0. The van der Waals surface area contributed by atoms with Crippen LogP contribution in [-0.2, 0) is 9.59 Å². The van der Waals surface area contributed by atoms with E-state index >= 15 is 0 Å². The van der Waals surface area contributed by atoms with Crippen LogP contribution in [0.1, 0.15) is 51.4 Å². The van der Waals surface area contributed by atoms with Gasteiger partial charge in [0, 0.05) is 12.1 Å². The molecule has 1 heterocycles. The molecule has 3 rings (SSSR count). The van der Waals surface area contributed by atoms with Gasteiger partial charge in [0.25, 0.3) is 0 Å². The Hall–Kier alpha value is -0.900. The van der Waals surface area contributed by atoms with Crippen molar-refractivity contribution in [1.82, 2.24) is 10.2 Å². The highest BCUT2D eigenvalue weighted by Crippen LogP contribution is 2.40. The second kappa shape index (κ2) is 5.23. The Bertz CT molecular complexity index is 350. The average molecular weight is 264 g/mol. The van der Waals surface area contributed by atoms with Crippen molar-refractivity contribution in [1.29, 1.82) is 0 Å². The second-order valence-corrected chi connectivity index (χ2v) is 6.34. The van der Waals surface area contributed by atoms with Gasteiger partial charge in [0.2, 0.25) is 11.8 Å². The van der Waals surface area contributed by atoms with Crippen molar-refractivity contribution in [2.75, 3.05) is 7.05 Å². The predicted octanol–water partition coefficient (Wildman–Crippen LogP) is 1.69. The van der Waals surface area contributed by atoms with E-state index in [-0.39, 0.29) is 29.7 Å². The van der Waals surface area contributed by atoms with Crippen LogP contribution in [0.3, 0.4) is 0 Å². The summed E-state index contributed by atoms with van der Waals surface area (Å²) in [5, 5.41) is 3.30. The van der Waals surface area contributed by atoms with Gasteiger partial charge in [0.15, 0.2) is 0 Å². The summed E-state index contributed by atoms with van der Waals surface area (Å²) < 4.78 is 0. The molecule has 0 radical (unpaired) electrons. The first kappa shape index (κ1) is 13.1. The van der Waals surface area contributed by atoms with Crippen LogP contribution in [0.2, 0.25) is 0 Å². The number of likely N-dealkylation sites (tertiary alicyclic amines) is 1. The smallest absolute Gasteiger partial charge is 0.233 e. The Morgan fingerprint density at radius 3 is 1.89 bits per heavy atom. The monoisotopic (exact) mass is 264 g/mol. The largest absolute Gasteiger partial charge is 0.317 e. The second-order valence-electron chi connectivity index (χ2n) is 6.34. The van der Waals surface area contributed by atoms with Gasteiger partial charge in [-0.1, -0.05) is 12.8 Å². The number of hydrogen-bond donors (Lipinski definition) is 1. The number of rotatable bonds is 2. The topological polar surface area (TPSA) is 49.4 Å². The number of nitrogens with zero attached hydrogens (tertiary/aromatic N) is 1. The molecular weight excluding hydrogens is 240 g/mol. The average Bonchev–Trinajstić information content (AvgIpc) is 2.72. The number of imide groups is 1. The normalized spacial score (nSPS) is 39.5. The third kappa shape index (κ3) is 2.20. The molecular formula is C15H24N2O2. The lowest BCUT2D eigenvalue weighted by molar-refractivity contribution is -0.143. The summed E-state index contributed by atoms with van der Waals surface area (Å²) in [7, 11) is 1.99. The zero-order valence-electron chi connectivity index (χ0n) is 11.7. The first-order chi connectivity index (χ1) is 9.22. The van der Waals surface area contributed by atoms with Crippen molar-refractivity contribution >= 4 is 11.8 Å². The van der Waals surface area contributed by atoms with Crippen LogP contribution in [0.25, 0.3) is 0 Å². The third-order valence-electron chi connectivity index (χ3n) is 5.35. The SMILES string of the molecule is CNC1CCC(N2C(=O)C3CCCCC3C2=O)CC1. The van der Waals surface area contributed by atoms with E-state index in [1.807, 2.05) is 7.05 Å². The molecule has 0 aromatic rings. The van der Waals surface area contributed by atoms with Gasteiger partial charge in [0.05, 0.1) is 11.8 Å². The van der Waals surface area contributed by atoms with Crippen molar-refractivity contribution in [3.05, 3.63) is 0 Å². The van der Waals surface area contributed by atoms with Crippen LogP contribution < -0.4 is 5.32 Å². The van der Waals surface area contributed by atoms with Crippen molar-refractivity contribution in [2.24, 2.45) is 11.8 Å². The minimum Gasteiger partial charge on any atom is -0.317 e. The molecule has 2 unspecified atom stereocenters. The predicted molar refractivity (Wildman–Crippen MR) is 72.4 cm³/mol. The summed E-state index contributed by atoms with van der Waals surface area (Å²) in [6, 6.07) is 0.738. The van der Waals surface area contributed by atoms with E-state index in [9.17, 15) is 9.59 Å². The zero-order chi connectivity index (χ0) is 13.4. The van der Waals surface area contributed by atoms with Crippen LogP contribution in [0.5, 0.6) is 0 Å². The molecule has 2 saturated carbocycles. The number of carbonyl (C=O) groups is 2. The molecule has 0 aromatic carbocycles. The van der Waals surface area contributed by atoms with Crippen molar-refractivity contribution in [3.8, 4) is 0 Å². The number of carbonyl (C=O) groups excluding carboxylic acids is 2. The summed E-state index contributed by atoms with van der Waals surface area (Å²) in [6.07, 6.45) is 8.18. The van der Waals surface area contributed by atoms with Gasteiger partial charge in [-0.25, -0.2) is 0 Å². The quantitative estimate of drug-likeness (QED) is 0.772. The lowest BCUT2D eigenvalue weighted by atomic mass is 9.81. The van der Waals surface area contributed by atoms with E-state index < -0.39 is 0 Å². The molecule has 1 saturated heterocycles. The lowest BCUT2D eigenvalue weighted by Crippen LogP contribution is -2.45. The van der Waals surface area contributed by atoms with Crippen LogP contribution in [0.15, 0.2) is 0 Å². The van der Waals surface area contributed by atoms with E-state index in [0.29, 0.717) is 6.04 Å². The van der Waals surface area contributed by atoms with Crippen LogP contribution >= 0.6 is 0 Å². The molecule has 2 aliphatic carbocycles. The fraction of sp³-hybridized carbons (Fsp3) is 0.867. The van der Waals surface area contributed by atoms with Crippen LogP contribution in [0, 0.1) is 11.8 Å². The summed E-state index contributed by atoms with van der Waals surface area (Å²) in [4.78, 5) is 26.6. The third-order valence-corrected chi connectivity index (χ3v) is 5.35. The highest BCUT2D eigenvalue weighted by Gasteiger charge is 2.50. The Labute approximate surface area is 114 Å². The molecule has 3 fully saturated rings. The number of amides is 2. The fourth-order valence-corrected chi connectivity index (χ4v) is 4.17. The summed E-state index contributed by atoms with van der Waals surface area (Å²) in [5.41, 5.74) is 0. The van der Waals surface area contributed by atoms with E-state index in [4.69, 9.17) is 0 Å². The molecule has 4 heteroatoms. The standard InChI is InChI=1S/C15H24N2O2/c1-16-10-6-8-11(9-7-10)17-14(18)12-4-2-3-5-13(12)15(17)19/h10-13,16H,2-9H2,1H3. The maximum Gasteiger partial charge on any atom is 0.233 e. The molecule has 106 valence electrons. The molecule has 2 amide bonds. The minimum atomic E-state index is 0.0169. The Morgan fingerprint density at radius 1 is 0.895 bits per heavy atom. The highest BCUT2D eigenvalue weighted by atomic mass is 16.2. The van der Waals surface area contributed by atoms with E-state index in [1.54, 1.807) is 4.90 Å². The maximum atomic E-state index is 12.5. The molecule has 0 bridgehead atoms. The number of nitrogens with one attached hydrogen (secondary N) is 1. The molecule has 19 heavy (non-hydrogen) atoms. The van der Waals surface area contributed by atoms with Gasteiger partial charge in [-0.15, -0.1) is 0 Å². The number of fused-ring (bicyclic) bond motifs is 1. The van der Waals surface area contributed by atoms with Gasteiger partial charge < -0.3 is 5.32 Å². The van der Waals surface area contributed by atoms with E-state index in [2.05, 4.69) is 5.32 Å². The summed E-state index contributed by atoms with van der Waals surface area (Å²) >= 11 is 0. The van der Waals surface area contributed by atoms with Crippen LogP contribution in [-0.4, -0.2) is 35.8 Å². The Kier molecular flexibility index (Phi) is 3.61. The molecule has 2 atom stereocenters. The van der Waals surface area contributed by atoms with Crippen molar-refractivity contribution in [3.63, 3.8) is 0 Å². The van der Waals surface area contributed by atoms with E-state index in [0.717, 1.165) is 51.4 Å². The lowest BCUT2D eigenvalue weighted by Gasteiger charge is -2.33. The van der Waals surface area contributed by atoms with Crippen molar-refractivity contribution < 1.29 is 9.59 Å². The first-order valence-corrected chi connectivity index (χ1v) is 7.76. The fourth-order valence-electron chi connectivity index (χ4n) is 4.17. The molecule has 1 aliphatic heterocycles. The molecule has 0 spiro atoms. The molecule has 4 nitrogen and oxygen atoms in total. The molecule has 3 aliphatic rings. The molecule has 0 aromatic heterocycles. The highest BCUT2D eigenvalue weighted by molar-refractivity contribution is 6.05. The van der Waals surface area contributed by atoms with Gasteiger partial charge >= 0.3 is 0 Å². The maximum absolute atomic E-state index is 12.5. The Balaban J connectivity index is 1.71. The number of hydrogen-bond acceptors (Lipinski definition) is 3. The van der Waals surface area contributed by atoms with Crippen molar-refractivity contribution in [2.45, 2.75) is 63.5 Å². The van der Waals surface area contributed by atoms with E-state index in [1.165, 1.54) is 0 Å². The van der Waals surface area contributed by atoms with Gasteiger partial charge in [-0.05, 0) is 45.6 Å². The molecule has 1 N–H and O–H groups in total. The zero-order valence-corrected chi connectivity index (χ0v) is 11.7. The van der Waals surface area contributed by atoms with Gasteiger partial charge in [0.1, 0.15) is 0 Å². The van der Waals surface area contributed by atoms with Crippen LogP contribution in [0.4, 0.5) is 0 Å². The minimum absolute atomic E-state index is 0.0169. The Morgan fingerprint density at radius 2 is 1.42 bits per heavy atom. The van der Waals surface area contributed by atoms with Gasteiger partial charge in [-0.3, -0.25) is 14.5 Å².